The number of likely N-dealkylation sites (N-methyl/N-ethyl adjacent to an activating group) is 1. The zero-order valence-corrected chi connectivity index (χ0v) is 26.0. The summed E-state index contributed by atoms with van der Waals surface area (Å²) in [7, 11) is 2.18. The number of alkyl halides is 3. The van der Waals surface area contributed by atoms with Gasteiger partial charge in [0.25, 0.3) is 5.97 Å². The number of hydrogen-bond donors (Lipinski definition) is 3. The Hall–Kier alpha value is -4.76. The first kappa shape index (κ1) is 32.2. The zero-order valence-electron chi connectivity index (χ0n) is 26.0. The number of carbonyl (C=O) groups is 1. The number of piperazine rings is 1. The molecule has 7 rings (SSSR count). The quantitative estimate of drug-likeness (QED) is 0.211. The van der Waals surface area contributed by atoms with Crippen molar-refractivity contribution in [2.45, 2.75) is 50.9 Å². The van der Waals surface area contributed by atoms with Gasteiger partial charge in [-0.3, -0.25) is 9.69 Å². The Balaban J connectivity index is 0.000000915. The van der Waals surface area contributed by atoms with Gasteiger partial charge in [-0.2, -0.15) is 18.3 Å². The van der Waals surface area contributed by atoms with Crippen molar-refractivity contribution in [3.63, 3.8) is 0 Å². The van der Waals surface area contributed by atoms with E-state index in [0.717, 1.165) is 87.5 Å². The van der Waals surface area contributed by atoms with Crippen molar-refractivity contribution in [2.24, 2.45) is 0 Å². The fraction of sp³-hybridized carbons (Fsp3) is 0.406. The molecule has 0 unspecified atom stereocenters. The lowest BCUT2D eigenvalue weighted by molar-refractivity contribution is -0.137. The molecule has 1 saturated heterocycles. The van der Waals surface area contributed by atoms with Crippen molar-refractivity contribution < 1.29 is 27.6 Å². The van der Waals surface area contributed by atoms with Gasteiger partial charge in [-0.1, -0.05) is 17.3 Å². The topological polar surface area (TPSA) is 151 Å². The number of benzene rings is 2. The number of rotatable bonds is 5. The Bertz CT molecular complexity index is 1850. The van der Waals surface area contributed by atoms with Crippen LogP contribution in [0.5, 0.6) is 0 Å². The molecule has 4 heterocycles. The number of aliphatic carboxylic acids is 1. The van der Waals surface area contributed by atoms with Crippen LogP contribution in [0.15, 0.2) is 53.3 Å². The molecule has 15 heteroatoms. The van der Waals surface area contributed by atoms with Gasteiger partial charge in [0.05, 0.1) is 22.4 Å². The molecule has 47 heavy (non-hydrogen) atoms. The third-order valence-electron chi connectivity index (χ3n) is 8.80. The molecule has 2 aliphatic rings. The molecule has 4 N–H and O–H groups in total. The molecule has 0 radical (unpaired) electrons. The SMILES string of the molecule is CC(=O)O.CN1CCN(C2CCC(n3nc(-c4ccc(Nc5noc6cc(C(F)(F)F)ccc56)cc4)c4c(N)ncnc43)CC2)CC1. The summed E-state index contributed by atoms with van der Waals surface area (Å²) in [5.74, 6) is -0.122. The smallest absolute Gasteiger partial charge is 0.416 e. The van der Waals surface area contributed by atoms with Gasteiger partial charge >= 0.3 is 6.18 Å². The highest BCUT2D eigenvalue weighted by atomic mass is 19.4. The highest BCUT2D eigenvalue weighted by Crippen LogP contribution is 2.38. The van der Waals surface area contributed by atoms with Gasteiger partial charge in [-0.05, 0) is 63.1 Å². The molecule has 12 nitrogen and oxygen atoms in total. The summed E-state index contributed by atoms with van der Waals surface area (Å²) in [5.41, 5.74) is 8.62. The molecule has 1 aliphatic heterocycles. The first-order chi connectivity index (χ1) is 22.5. The Labute approximate surface area is 268 Å². The van der Waals surface area contributed by atoms with Crippen LogP contribution in [-0.2, 0) is 11.0 Å². The molecule has 2 fully saturated rings. The summed E-state index contributed by atoms with van der Waals surface area (Å²) >= 11 is 0. The fourth-order valence-electron chi connectivity index (χ4n) is 6.36. The van der Waals surface area contributed by atoms with Crippen molar-refractivity contribution >= 4 is 45.3 Å². The van der Waals surface area contributed by atoms with Crippen molar-refractivity contribution in [1.29, 1.82) is 0 Å². The van der Waals surface area contributed by atoms with Gasteiger partial charge < -0.3 is 25.6 Å². The second kappa shape index (κ2) is 13.2. The van der Waals surface area contributed by atoms with Crippen molar-refractivity contribution in [3.05, 3.63) is 54.4 Å². The number of hydrogen-bond acceptors (Lipinski definition) is 10. The predicted molar refractivity (Wildman–Crippen MR) is 171 cm³/mol. The van der Waals surface area contributed by atoms with Crippen LogP contribution in [0, 0.1) is 0 Å². The molecular weight excluding hydrogens is 615 g/mol. The average molecular weight is 652 g/mol. The highest BCUT2D eigenvalue weighted by Gasteiger charge is 2.32. The maximum absolute atomic E-state index is 13.1. The van der Waals surface area contributed by atoms with Gasteiger partial charge in [-0.15, -0.1) is 0 Å². The van der Waals surface area contributed by atoms with Gasteiger partial charge in [0, 0.05) is 50.4 Å². The molecule has 1 aliphatic carbocycles. The van der Waals surface area contributed by atoms with E-state index in [0.29, 0.717) is 34.4 Å². The largest absolute Gasteiger partial charge is 0.481 e. The number of halogens is 3. The summed E-state index contributed by atoms with van der Waals surface area (Å²) in [4.78, 5) is 22.9. The Kier molecular flexibility index (Phi) is 9.01. The van der Waals surface area contributed by atoms with Crippen molar-refractivity contribution in [2.75, 3.05) is 44.3 Å². The number of nitrogens with zero attached hydrogens (tertiary/aromatic N) is 7. The van der Waals surface area contributed by atoms with Gasteiger partial charge in [0.2, 0.25) is 0 Å². The van der Waals surface area contributed by atoms with Crippen LogP contribution >= 0.6 is 0 Å². The Morgan fingerprint density at radius 3 is 2.32 bits per heavy atom. The lowest BCUT2D eigenvalue weighted by atomic mass is 9.90. The molecule has 0 amide bonds. The zero-order chi connectivity index (χ0) is 33.3. The van der Waals surface area contributed by atoms with Gasteiger partial charge in [0.1, 0.15) is 17.8 Å². The number of fused-ring (bicyclic) bond motifs is 2. The molecule has 5 aromatic rings. The second-order valence-electron chi connectivity index (χ2n) is 12.0. The van der Waals surface area contributed by atoms with Gasteiger partial charge in [0.15, 0.2) is 17.0 Å². The lowest BCUT2D eigenvalue weighted by Gasteiger charge is -2.41. The van der Waals surface area contributed by atoms with E-state index in [1.165, 1.54) is 12.4 Å². The van der Waals surface area contributed by atoms with Crippen LogP contribution in [0.3, 0.4) is 0 Å². The summed E-state index contributed by atoms with van der Waals surface area (Å²) < 4.78 is 46.4. The monoisotopic (exact) mass is 651 g/mol. The summed E-state index contributed by atoms with van der Waals surface area (Å²) in [6, 6.07) is 11.7. The molecular formula is C32H36F3N9O3. The average Bonchev–Trinajstić information content (AvgIpc) is 3.63. The van der Waals surface area contributed by atoms with E-state index < -0.39 is 17.7 Å². The van der Waals surface area contributed by atoms with E-state index in [1.54, 1.807) is 0 Å². The maximum Gasteiger partial charge on any atom is 0.416 e. The maximum atomic E-state index is 13.1. The number of nitrogens with two attached hydrogens (primary N) is 1. The summed E-state index contributed by atoms with van der Waals surface area (Å²) in [5, 5.41) is 20.7. The van der Waals surface area contributed by atoms with Crippen LogP contribution in [0.2, 0.25) is 0 Å². The normalized spacial score (nSPS) is 19.4. The predicted octanol–water partition coefficient (Wildman–Crippen LogP) is 5.80. The van der Waals surface area contributed by atoms with E-state index >= 15 is 0 Å². The minimum Gasteiger partial charge on any atom is -0.481 e. The Morgan fingerprint density at radius 2 is 1.66 bits per heavy atom. The lowest BCUT2D eigenvalue weighted by Crippen LogP contribution is -2.49. The molecule has 0 bridgehead atoms. The molecule has 0 spiro atoms. The standard InChI is InChI=1S/C30H32F3N9O.C2H4O2/c1-40-12-14-41(15-13-40)21-7-9-22(10-8-21)42-29-25(27(34)35-17-36-29)26(38-42)18-2-5-20(6-3-18)37-28-23-11-4-19(30(31,32)33)16-24(23)43-39-28;1-2(3)4/h2-6,11,16-17,21-22H,7-10,12-15H2,1H3,(H,37,39)(H2,34,35,36);1H3,(H,3,4). The number of carboxylic acid groups (broad SMARTS) is 1. The minimum atomic E-state index is -4.46. The van der Waals surface area contributed by atoms with Crippen LogP contribution in [0.4, 0.5) is 30.5 Å². The summed E-state index contributed by atoms with van der Waals surface area (Å²) in [6.07, 6.45) is 1.33. The van der Waals surface area contributed by atoms with E-state index in [1.807, 2.05) is 28.9 Å². The van der Waals surface area contributed by atoms with Crippen LogP contribution in [-0.4, -0.2) is 85.0 Å². The van der Waals surface area contributed by atoms with E-state index in [-0.39, 0.29) is 11.6 Å². The minimum absolute atomic E-state index is 0.0546. The van der Waals surface area contributed by atoms with Crippen LogP contribution in [0.1, 0.15) is 44.2 Å². The number of anilines is 3. The van der Waals surface area contributed by atoms with E-state index in [2.05, 4.69) is 37.3 Å². The first-order valence-corrected chi connectivity index (χ1v) is 15.4. The molecule has 0 atom stereocenters. The van der Waals surface area contributed by atoms with E-state index in [9.17, 15) is 13.2 Å². The van der Waals surface area contributed by atoms with Crippen LogP contribution in [0.25, 0.3) is 33.3 Å². The third kappa shape index (κ3) is 7.00. The highest BCUT2D eigenvalue weighted by molar-refractivity contribution is 5.98. The first-order valence-electron chi connectivity index (χ1n) is 15.4. The van der Waals surface area contributed by atoms with Gasteiger partial charge in [-0.25, -0.2) is 14.6 Å². The molecule has 1 saturated carbocycles. The summed E-state index contributed by atoms with van der Waals surface area (Å²) in [6.45, 7) is 5.58. The van der Waals surface area contributed by atoms with E-state index in [4.69, 9.17) is 25.3 Å². The molecule has 248 valence electrons. The van der Waals surface area contributed by atoms with Crippen LogP contribution < -0.4 is 11.1 Å². The number of nitrogen functional groups attached to an aromatic ring is 1. The fourth-order valence-corrected chi connectivity index (χ4v) is 6.36. The number of nitrogens with one attached hydrogen (secondary N) is 1. The van der Waals surface area contributed by atoms with Crippen molar-refractivity contribution in [3.8, 4) is 11.3 Å². The number of carboxylic acids is 1. The van der Waals surface area contributed by atoms with Crippen molar-refractivity contribution in [1.82, 2.24) is 34.7 Å². The molecule has 3 aromatic heterocycles. The number of aromatic nitrogens is 5. The second-order valence-corrected chi connectivity index (χ2v) is 12.0. The Morgan fingerprint density at radius 1 is 1.00 bits per heavy atom. The third-order valence-corrected chi connectivity index (χ3v) is 8.80. The molecule has 2 aromatic carbocycles.